The van der Waals surface area contributed by atoms with Crippen molar-refractivity contribution in [1.82, 2.24) is 9.97 Å². The van der Waals surface area contributed by atoms with Crippen LogP contribution in [0.3, 0.4) is 0 Å². The second-order valence-electron chi connectivity index (χ2n) is 3.16. The lowest BCUT2D eigenvalue weighted by Crippen LogP contribution is -2.13. The van der Waals surface area contributed by atoms with Gasteiger partial charge in [0.1, 0.15) is 9.76 Å². The lowest BCUT2D eigenvalue weighted by molar-refractivity contribution is 0.102. The largest absolute Gasteiger partial charge is 0.322 e. The molecule has 0 radical (unpaired) electrons. The highest BCUT2D eigenvalue weighted by Gasteiger charge is 2.10. The summed E-state index contributed by atoms with van der Waals surface area (Å²) in [5, 5.41) is 3.03. The minimum atomic E-state index is -0.257. The van der Waals surface area contributed by atoms with Gasteiger partial charge < -0.3 is 5.32 Å². The third-order valence-electron chi connectivity index (χ3n) is 1.99. The first kappa shape index (κ1) is 12.0. The van der Waals surface area contributed by atoms with Crippen LogP contribution in [0.15, 0.2) is 41.3 Å². The van der Waals surface area contributed by atoms with Gasteiger partial charge in [0, 0.05) is 18.1 Å². The van der Waals surface area contributed by atoms with Crippen molar-refractivity contribution in [3.63, 3.8) is 0 Å². The van der Waals surface area contributed by atoms with Crippen LogP contribution in [0, 0.1) is 0 Å². The number of nitrogens with one attached hydrogen (secondary N) is 1. The molecule has 2 rings (SSSR count). The first-order chi connectivity index (χ1) is 8.16. The van der Waals surface area contributed by atoms with Crippen molar-refractivity contribution in [3.8, 4) is 0 Å². The van der Waals surface area contributed by atoms with Gasteiger partial charge in [-0.05, 0) is 40.2 Å². The van der Waals surface area contributed by atoms with Gasteiger partial charge in [-0.25, -0.2) is 9.97 Å². The van der Waals surface area contributed by atoms with Gasteiger partial charge >= 0.3 is 0 Å². The third kappa shape index (κ3) is 3.01. The molecule has 86 valence electrons. The standard InChI is InChI=1S/C11H7BrClN3O/c12-10-8(2-1-4-15-10)11(17)16-7-3-5-14-9(13)6-7/h1-6H,(H,14,16,17). The number of anilines is 1. The van der Waals surface area contributed by atoms with Crippen LogP contribution in [0.4, 0.5) is 5.69 Å². The van der Waals surface area contributed by atoms with Crippen molar-refractivity contribution in [1.29, 1.82) is 0 Å². The number of aromatic nitrogens is 2. The zero-order valence-corrected chi connectivity index (χ0v) is 10.9. The van der Waals surface area contributed by atoms with Crippen molar-refractivity contribution in [2.45, 2.75) is 0 Å². The number of halogens is 2. The summed E-state index contributed by atoms with van der Waals surface area (Å²) in [6, 6.07) is 6.60. The number of pyridine rings is 2. The number of hydrogen-bond acceptors (Lipinski definition) is 3. The monoisotopic (exact) mass is 311 g/mol. The van der Waals surface area contributed by atoms with Crippen LogP contribution in [0.5, 0.6) is 0 Å². The van der Waals surface area contributed by atoms with Crippen LogP contribution < -0.4 is 5.32 Å². The summed E-state index contributed by atoms with van der Waals surface area (Å²) in [5.74, 6) is -0.257. The molecule has 0 aliphatic carbocycles. The van der Waals surface area contributed by atoms with Gasteiger partial charge in [-0.3, -0.25) is 4.79 Å². The Balaban J connectivity index is 2.20. The predicted molar refractivity (Wildman–Crippen MR) is 69.1 cm³/mol. The number of carbonyl (C=O) groups excluding carboxylic acids is 1. The lowest BCUT2D eigenvalue weighted by atomic mass is 10.2. The maximum Gasteiger partial charge on any atom is 0.258 e. The Morgan fingerprint density at radius 2 is 2.12 bits per heavy atom. The molecule has 0 saturated heterocycles. The molecule has 1 N–H and O–H groups in total. The highest BCUT2D eigenvalue weighted by Crippen LogP contribution is 2.16. The highest BCUT2D eigenvalue weighted by molar-refractivity contribution is 9.10. The smallest absolute Gasteiger partial charge is 0.258 e. The van der Waals surface area contributed by atoms with Crippen molar-refractivity contribution in [3.05, 3.63) is 52.0 Å². The Morgan fingerprint density at radius 1 is 1.29 bits per heavy atom. The SMILES string of the molecule is O=C(Nc1ccnc(Cl)c1)c1cccnc1Br. The zero-order valence-electron chi connectivity index (χ0n) is 8.52. The average molecular weight is 313 g/mol. The molecule has 0 spiro atoms. The summed E-state index contributed by atoms with van der Waals surface area (Å²) >= 11 is 8.94. The van der Waals surface area contributed by atoms with E-state index >= 15 is 0 Å². The van der Waals surface area contributed by atoms with E-state index < -0.39 is 0 Å². The summed E-state index contributed by atoms with van der Waals surface area (Å²) in [6.45, 7) is 0. The molecular weight excluding hydrogens is 305 g/mol. The molecule has 2 aromatic rings. The molecule has 0 aromatic carbocycles. The van der Waals surface area contributed by atoms with E-state index in [1.165, 1.54) is 6.20 Å². The second-order valence-corrected chi connectivity index (χ2v) is 4.30. The number of rotatable bonds is 2. The van der Waals surface area contributed by atoms with Crippen molar-refractivity contribution in [2.75, 3.05) is 5.32 Å². The number of nitrogens with zero attached hydrogens (tertiary/aromatic N) is 2. The van der Waals surface area contributed by atoms with Crippen LogP contribution >= 0.6 is 27.5 Å². The van der Waals surface area contributed by atoms with Gasteiger partial charge in [0.05, 0.1) is 5.56 Å². The van der Waals surface area contributed by atoms with E-state index in [4.69, 9.17) is 11.6 Å². The summed E-state index contributed by atoms with van der Waals surface area (Å²) in [6.07, 6.45) is 3.13. The summed E-state index contributed by atoms with van der Waals surface area (Å²) in [7, 11) is 0. The molecule has 1 amide bonds. The van der Waals surface area contributed by atoms with Gasteiger partial charge in [-0.1, -0.05) is 11.6 Å². The third-order valence-corrected chi connectivity index (χ3v) is 2.83. The Kier molecular flexibility index (Phi) is 3.71. The van der Waals surface area contributed by atoms with Gasteiger partial charge in [0.25, 0.3) is 5.91 Å². The topological polar surface area (TPSA) is 54.9 Å². The Hall–Kier alpha value is -1.46. The summed E-state index contributed by atoms with van der Waals surface area (Å²) in [5.41, 5.74) is 1.05. The molecule has 0 atom stereocenters. The molecule has 4 nitrogen and oxygen atoms in total. The number of hydrogen-bond donors (Lipinski definition) is 1. The van der Waals surface area contributed by atoms with Gasteiger partial charge in [0.2, 0.25) is 0 Å². The van der Waals surface area contributed by atoms with Crippen molar-refractivity contribution >= 4 is 39.1 Å². The van der Waals surface area contributed by atoms with Crippen LogP contribution in [0.25, 0.3) is 0 Å². The fourth-order valence-corrected chi connectivity index (χ4v) is 1.84. The molecule has 0 bridgehead atoms. The molecule has 0 fully saturated rings. The Bertz CT molecular complexity index is 562. The van der Waals surface area contributed by atoms with Crippen LogP contribution in [0.2, 0.25) is 5.15 Å². The quantitative estimate of drug-likeness (QED) is 0.867. The molecule has 2 heterocycles. The second kappa shape index (κ2) is 5.25. The molecular formula is C11H7BrClN3O. The van der Waals surface area contributed by atoms with Crippen molar-refractivity contribution < 1.29 is 4.79 Å². The van der Waals surface area contributed by atoms with Gasteiger partial charge in [-0.15, -0.1) is 0 Å². The van der Waals surface area contributed by atoms with E-state index in [-0.39, 0.29) is 5.91 Å². The highest BCUT2D eigenvalue weighted by atomic mass is 79.9. The number of amides is 1. The van der Waals surface area contributed by atoms with Crippen LogP contribution in [-0.4, -0.2) is 15.9 Å². The predicted octanol–water partition coefficient (Wildman–Crippen LogP) is 3.14. The minimum Gasteiger partial charge on any atom is -0.322 e. The molecule has 0 unspecified atom stereocenters. The molecule has 0 saturated carbocycles. The maximum absolute atomic E-state index is 11.9. The molecule has 17 heavy (non-hydrogen) atoms. The van der Waals surface area contributed by atoms with E-state index in [0.29, 0.717) is 21.0 Å². The first-order valence-electron chi connectivity index (χ1n) is 4.70. The van der Waals surface area contributed by atoms with E-state index in [1.54, 1.807) is 30.5 Å². The maximum atomic E-state index is 11.9. The lowest BCUT2D eigenvalue weighted by Gasteiger charge is -2.05. The first-order valence-corrected chi connectivity index (χ1v) is 5.87. The summed E-state index contributed by atoms with van der Waals surface area (Å²) < 4.78 is 0.498. The Morgan fingerprint density at radius 3 is 2.82 bits per heavy atom. The fourth-order valence-electron chi connectivity index (χ4n) is 1.23. The molecule has 0 aliphatic rings. The zero-order chi connectivity index (χ0) is 12.3. The van der Waals surface area contributed by atoms with Crippen LogP contribution in [0.1, 0.15) is 10.4 Å². The van der Waals surface area contributed by atoms with E-state index in [2.05, 4.69) is 31.2 Å². The van der Waals surface area contributed by atoms with Crippen molar-refractivity contribution in [2.24, 2.45) is 0 Å². The Labute approximate surface area is 111 Å². The normalized spacial score (nSPS) is 10.0. The van der Waals surface area contributed by atoms with Gasteiger partial charge in [-0.2, -0.15) is 0 Å². The molecule has 2 aromatic heterocycles. The number of carbonyl (C=O) groups is 1. The molecule has 6 heteroatoms. The van der Waals surface area contributed by atoms with Crippen LogP contribution in [-0.2, 0) is 0 Å². The fraction of sp³-hybridized carbons (Fsp3) is 0. The van der Waals surface area contributed by atoms with Gasteiger partial charge in [0.15, 0.2) is 0 Å². The van der Waals surface area contributed by atoms with E-state index in [0.717, 1.165) is 0 Å². The van der Waals surface area contributed by atoms with E-state index in [9.17, 15) is 4.79 Å². The molecule has 0 aliphatic heterocycles. The minimum absolute atomic E-state index is 0.257. The average Bonchev–Trinajstić information content (AvgIpc) is 2.29. The summed E-state index contributed by atoms with van der Waals surface area (Å²) in [4.78, 5) is 19.7. The van der Waals surface area contributed by atoms with E-state index in [1.807, 2.05) is 0 Å².